The van der Waals surface area contributed by atoms with Crippen LogP contribution in [0, 0.1) is 0 Å². The van der Waals surface area contributed by atoms with Crippen LogP contribution in [0.25, 0.3) is 11.4 Å². The molecule has 0 spiro atoms. The van der Waals surface area contributed by atoms with Gasteiger partial charge in [0.15, 0.2) is 0 Å². The number of hydrogen-bond donors (Lipinski definition) is 3. The molecular formula is C15H20N4O2. The summed E-state index contributed by atoms with van der Waals surface area (Å²) in [5, 5.41) is 12.3. The lowest BCUT2D eigenvalue weighted by molar-refractivity contribution is 0.271. The first-order chi connectivity index (χ1) is 10.2. The lowest BCUT2D eigenvalue weighted by atomic mass is 10.2. The Morgan fingerprint density at radius 2 is 2.19 bits per heavy atom. The Bertz CT molecular complexity index is 633. The summed E-state index contributed by atoms with van der Waals surface area (Å²) in [7, 11) is 0. The number of nitrogens with one attached hydrogen (secondary N) is 2. The number of aliphatic hydroxyl groups excluding tert-OH is 1. The fourth-order valence-electron chi connectivity index (χ4n) is 1.93. The van der Waals surface area contributed by atoms with E-state index in [9.17, 15) is 4.79 Å². The number of nitrogens with zero attached hydrogens (tertiary/aromatic N) is 2. The van der Waals surface area contributed by atoms with E-state index in [1.807, 2.05) is 26.0 Å². The van der Waals surface area contributed by atoms with E-state index in [-0.39, 0.29) is 18.2 Å². The fraction of sp³-hybridized carbons (Fsp3) is 0.400. The Morgan fingerprint density at radius 1 is 1.38 bits per heavy atom. The molecule has 0 unspecified atom stereocenters. The van der Waals surface area contributed by atoms with Gasteiger partial charge in [-0.3, -0.25) is 4.79 Å². The van der Waals surface area contributed by atoms with Crippen LogP contribution in [-0.4, -0.2) is 32.7 Å². The molecule has 0 aliphatic heterocycles. The summed E-state index contributed by atoms with van der Waals surface area (Å²) in [4.78, 5) is 23.0. The molecule has 0 radical (unpaired) electrons. The van der Waals surface area contributed by atoms with Gasteiger partial charge in [-0.15, -0.1) is 0 Å². The van der Waals surface area contributed by atoms with Crippen molar-refractivity contribution in [3.63, 3.8) is 0 Å². The van der Waals surface area contributed by atoms with Gasteiger partial charge in [0.2, 0.25) is 0 Å². The first kappa shape index (κ1) is 15.2. The van der Waals surface area contributed by atoms with Crippen molar-refractivity contribution >= 4 is 5.82 Å². The lowest BCUT2D eigenvalue weighted by Crippen LogP contribution is -2.23. The smallest absolute Gasteiger partial charge is 0.251 e. The van der Waals surface area contributed by atoms with Gasteiger partial charge in [0, 0.05) is 23.5 Å². The zero-order valence-corrected chi connectivity index (χ0v) is 12.3. The predicted molar refractivity (Wildman–Crippen MR) is 82.3 cm³/mol. The molecule has 0 amide bonds. The highest BCUT2D eigenvalue weighted by Crippen LogP contribution is 2.15. The highest BCUT2D eigenvalue weighted by atomic mass is 16.3. The number of pyridine rings is 1. The third-order valence-electron chi connectivity index (χ3n) is 3.26. The van der Waals surface area contributed by atoms with Crippen LogP contribution in [-0.2, 0) is 6.42 Å². The molecule has 0 aromatic carbocycles. The van der Waals surface area contributed by atoms with Gasteiger partial charge in [0.25, 0.3) is 5.56 Å². The summed E-state index contributed by atoms with van der Waals surface area (Å²) >= 11 is 0. The summed E-state index contributed by atoms with van der Waals surface area (Å²) in [6.45, 7) is 4.01. The average molecular weight is 288 g/mol. The molecule has 0 saturated carbocycles. The molecule has 0 bridgehead atoms. The van der Waals surface area contributed by atoms with E-state index in [4.69, 9.17) is 5.11 Å². The van der Waals surface area contributed by atoms with Crippen LogP contribution in [0.3, 0.4) is 0 Å². The number of hydrogen-bond acceptors (Lipinski definition) is 5. The third-order valence-corrected chi connectivity index (χ3v) is 3.26. The lowest BCUT2D eigenvalue weighted by Gasteiger charge is -2.14. The monoisotopic (exact) mass is 288 g/mol. The topological polar surface area (TPSA) is 90.9 Å². The Labute approximate surface area is 123 Å². The Hall–Kier alpha value is -2.21. The highest BCUT2D eigenvalue weighted by Gasteiger charge is 2.07. The maximum Gasteiger partial charge on any atom is 0.251 e. The average Bonchev–Trinajstić information content (AvgIpc) is 2.52. The van der Waals surface area contributed by atoms with E-state index in [1.54, 1.807) is 6.20 Å². The van der Waals surface area contributed by atoms with Gasteiger partial charge in [0.1, 0.15) is 11.6 Å². The second-order valence-corrected chi connectivity index (χ2v) is 4.80. The Morgan fingerprint density at radius 3 is 2.76 bits per heavy atom. The van der Waals surface area contributed by atoms with Crippen LogP contribution < -0.4 is 10.9 Å². The first-order valence-electron chi connectivity index (χ1n) is 7.10. The van der Waals surface area contributed by atoms with Crippen molar-refractivity contribution in [3.8, 4) is 11.4 Å². The van der Waals surface area contributed by atoms with E-state index in [1.165, 1.54) is 6.07 Å². The van der Waals surface area contributed by atoms with E-state index < -0.39 is 0 Å². The van der Waals surface area contributed by atoms with Crippen LogP contribution in [0.4, 0.5) is 5.82 Å². The molecule has 21 heavy (non-hydrogen) atoms. The van der Waals surface area contributed by atoms with E-state index >= 15 is 0 Å². The molecule has 3 N–H and O–H groups in total. The largest absolute Gasteiger partial charge is 0.394 e. The number of anilines is 1. The van der Waals surface area contributed by atoms with Crippen LogP contribution in [0.1, 0.15) is 26.0 Å². The van der Waals surface area contributed by atoms with Gasteiger partial charge >= 0.3 is 0 Å². The van der Waals surface area contributed by atoms with Crippen molar-refractivity contribution < 1.29 is 5.11 Å². The minimum Gasteiger partial charge on any atom is -0.394 e. The Balaban J connectivity index is 2.22. The van der Waals surface area contributed by atoms with Crippen LogP contribution in [0.2, 0.25) is 0 Å². The molecule has 112 valence electrons. The summed E-state index contributed by atoms with van der Waals surface area (Å²) in [5.74, 6) is 1.21. The second-order valence-electron chi connectivity index (χ2n) is 4.80. The van der Waals surface area contributed by atoms with Crippen molar-refractivity contribution in [2.45, 2.75) is 32.7 Å². The second kappa shape index (κ2) is 6.99. The van der Waals surface area contributed by atoms with Gasteiger partial charge in [-0.05, 0) is 25.0 Å². The van der Waals surface area contributed by atoms with Gasteiger partial charge in [0.05, 0.1) is 12.6 Å². The molecule has 2 heterocycles. The predicted octanol–water partition coefficient (Wildman–Crippen LogP) is 1.58. The number of aryl methyl sites for hydroxylation is 1. The number of aromatic nitrogens is 3. The highest BCUT2D eigenvalue weighted by molar-refractivity contribution is 5.56. The molecule has 6 nitrogen and oxygen atoms in total. The molecule has 0 aliphatic carbocycles. The van der Waals surface area contributed by atoms with E-state index in [0.29, 0.717) is 18.1 Å². The van der Waals surface area contributed by atoms with Gasteiger partial charge in [-0.25, -0.2) is 9.97 Å². The maximum atomic E-state index is 11.6. The van der Waals surface area contributed by atoms with Crippen molar-refractivity contribution in [2.24, 2.45) is 0 Å². The zero-order valence-electron chi connectivity index (χ0n) is 12.3. The van der Waals surface area contributed by atoms with Crippen molar-refractivity contribution in [1.29, 1.82) is 0 Å². The third kappa shape index (κ3) is 3.88. The minimum absolute atomic E-state index is 0.00954. The minimum atomic E-state index is -0.162. The number of aliphatic hydroxyl groups is 1. The number of aromatic amines is 1. The fourth-order valence-corrected chi connectivity index (χ4v) is 1.93. The number of rotatable bonds is 6. The first-order valence-corrected chi connectivity index (χ1v) is 7.10. The summed E-state index contributed by atoms with van der Waals surface area (Å²) in [6, 6.07) is 5.15. The van der Waals surface area contributed by atoms with Crippen molar-refractivity contribution in [2.75, 3.05) is 11.9 Å². The maximum absolute atomic E-state index is 11.6. The summed E-state index contributed by atoms with van der Waals surface area (Å²) in [6.07, 6.45) is 3.18. The van der Waals surface area contributed by atoms with E-state index in [0.717, 1.165) is 17.7 Å². The summed E-state index contributed by atoms with van der Waals surface area (Å²) < 4.78 is 0. The van der Waals surface area contributed by atoms with Gasteiger partial charge < -0.3 is 15.4 Å². The van der Waals surface area contributed by atoms with Gasteiger partial charge in [-0.1, -0.05) is 13.8 Å². The quantitative estimate of drug-likeness (QED) is 0.750. The molecular weight excluding hydrogens is 268 g/mol. The molecule has 0 aliphatic rings. The molecule has 0 fully saturated rings. The van der Waals surface area contributed by atoms with Crippen LogP contribution in [0.15, 0.2) is 29.2 Å². The standard InChI is InChI=1S/C15H20N4O2/c1-3-11-7-14(21)19-15(18-11)10-5-6-13(16-8-10)17-12(4-2)9-20/h5-8,12,20H,3-4,9H2,1-2H3,(H,16,17)(H,18,19,21)/t12-/m0/s1. The molecule has 1 atom stereocenters. The Kier molecular flexibility index (Phi) is 5.05. The molecule has 6 heteroatoms. The van der Waals surface area contributed by atoms with Crippen LogP contribution in [0.5, 0.6) is 0 Å². The normalized spacial score (nSPS) is 12.1. The molecule has 2 aromatic rings. The molecule has 2 rings (SSSR count). The van der Waals surface area contributed by atoms with E-state index in [2.05, 4.69) is 20.3 Å². The zero-order chi connectivity index (χ0) is 15.2. The van der Waals surface area contributed by atoms with Crippen molar-refractivity contribution in [1.82, 2.24) is 15.0 Å². The van der Waals surface area contributed by atoms with Gasteiger partial charge in [-0.2, -0.15) is 0 Å². The van der Waals surface area contributed by atoms with Crippen LogP contribution >= 0.6 is 0 Å². The molecule has 2 aromatic heterocycles. The molecule has 0 saturated heterocycles. The van der Waals surface area contributed by atoms with Crippen molar-refractivity contribution in [3.05, 3.63) is 40.4 Å². The summed E-state index contributed by atoms with van der Waals surface area (Å²) in [5.41, 5.74) is 1.35. The number of H-pyrrole nitrogens is 1. The SMILES string of the molecule is CCc1cc(=O)[nH]c(-c2ccc(N[C@@H](CC)CO)nc2)n1.